The van der Waals surface area contributed by atoms with Crippen LogP contribution in [0, 0.1) is 5.41 Å². The molecule has 0 atom stereocenters. The quantitative estimate of drug-likeness (QED) is 0.603. The fraction of sp³-hybridized carbons (Fsp3) is 0.667. The number of halogens is 1. The van der Waals surface area contributed by atoms with Gasteiger partial charge in [0, 0.05) is 0 Å². The molecule has 14 heavy (non-hydrogen) atoms. The van der Waals surface area contributed by atoms with Crippen molar-refractivity contribution in [3.8, 4) is 0 Å². The van der Waals surface area contributed by atoms with E-state index in [-0.39, 0.29) is 0 Å². The molecule has 2 aliphatic rings. The van der Waals surface area contributed by atoms with Crippen LogP contribution in [0.3, 0.4) is 0 Å². The van der Waals surface area contributed by atoms with Gasteiger partial charge in [0.05, 0.1) is 5.88 Å². The highest BCUT2D eigenvalue weighted by Crippen LogP contribution is 2.42. The van der Waals surface area contributed by atoms with Gasteiger partial charge >= 0.3 is 0 Å². The van der Waals surface area contributed by atoms with Crippen LogP contribution in [0.4, 0.5) is 0 Å². The molecule has 0 fully saturated rings. The van der Waals surface area contributed by atoms with Crippen LogP contribution in [0.25, 0.3) is 0 Å². The van der Waals surface area contributed by atoms with Gasteiger partial charge in [0.25, 0.3) is 0 Å². The van der Waals surface area contributed by atoms with Crippen molar-refractivity contribution in [3.05, 3.63) is 23.0 Å². The number of alkyl halides is 1. The van der Waals surface area contributed by atoms with Crippen LogP contribution in [0.1, 0.15) is 33.1 Å². The Morgan fingerprint density at radius 2 is 2.29 bits per heavy atom. The Balaban J connectivity index is 2.33. The lowest BCUT2D eigenvalue weighted by atomic mass is 9.72. The molecule has 0 amide bonds. The topological polar surface area (TPSA) is 9.23 Å². The van der Waals surface area contributed by atoms with Gasteiger partial charge in [-0.05, 0) is 41.9 Å². The van der Waals surface area contributed by atoms with Crippen molar-refractivity contribution >= 4 is 11.6 Å². The lowest BCUT2D eigenvalue weighted by Gasteiger charge is -2.36. The van der Waals surface area contributed by atoms with Gasteiger partial charge in [-0.25, -0.2) is 0 Å². The molecule has 2 rings (SSSR count). The Bertz CT molecular complexity index is 299. The summed E-state index contributed by atoms with van der Waals surface area (Å²) in [5.41, 5.74) is 3.28. The Morgan fingerprint density at radius 1 is 1.50 bits per heavy atom. The summed E-state index contributed by atoms with van der Waals surface area (Å²) in [6.45, 7) is 5.37. The minimum atomic E-state index is 0.321. The van der Waals surface area contributed by atoms with Crippen LogP contribution in [0.15, 0.2) is 23.0 Å². The highest BCUT2D eigenvalue weighted by Gasteiger charge is 2.31. The molecule has 1 heterocycles. The van der Waals surface area contributed by atoms with Crippen LogP contribution >= 0.6 is 11.6 Å². The van der Waals surface area contributed by atoms with E-state index in [9.17, 15) is 0 Å². The first-order valence-electron chi connectivity index (χ1n) is 5.25. The third-order valence-electron chi connectivity index (χ3n) is 3.32. The zero-order chi connectivity index (χ0) is 10.2. The third kappa shape index (κ3) is 1.70. The van der Waals surface area contributed by atoms with E-state index < -0.39 is 0 Å². The SMILES string of the molecule is CC1(C)CCCC2=C1COC(CCl)=C2. The van der Waals surface area contributed by atoms with Crippen molar-refractivity contribution in [1.29, 1.82) is 0 Å². The van der Waals surface area contributed by atoms with Crippen molar-refractivity contribution in [2.24, 2.45) is 5.41 Å². The molecular weight excluding hydrogens is 196 g/mol. The third-order valence-corrected chi connectivity index (χ3v) is 3.58. The predicted octanol–water partition coefficient (Wildman–Crippen LogP) is 3.65. The van der Waals surface area contributed by atoms with Crippen LogP contribution in [-0.4, -0.2) is 12.5 Å². The molecule has 2 heteroatoms. The molecule has 0 saturated heterocycles. The highest BCUT2D eigenvalue weighted by atomic mass is 35.5. The monoisotopic (exact) mass is 212 g/mol. The van der Waals surface area contributed by atoms with E-state index in [0.717, 1.165) is 12.4 Å². The van der Waals surface area contributed by atoms with E-state index in [1.807, 2.05) is 0 Å². The summed E-state index contributed by atoms with van der Waals surface area (Å²) in [6.07, 6.45) is 5.91. The average molecular weight is 213 g/mol. The standard InChI is InChI=1S/C12H17ClO/c1-12(2)5-3-4-9-6-10(7-13)14-8-11(9)12/h6H,3-5,7-8H2,1-2H3. The average Bonchev–Trinajstić information content (AvgIpc) is 2.16. The number of hydrogen-bond acceptors (Lipinski definition) is 1. The summed E-state index contributed by atoms with van der Waals surface area (Å²) in [5, 5.41) is 0. The van der Waals surface area contributed by atoms with Gasteiger partial charge in [0.15, 0.2) is 0 Å². The first kappa shape index (κ1) is 10.1. The second kappa shape index (κ2) is 3.62. The second-order valence-electron chi connectivity index (χ2n) is 4.77. The smallest absolute Gasteiger partial charge is 0.111 e. The predicted molar refractivity (Wildman–Crippen MR) is 59.4 cm³/mol. The van der Waals surface area contributed by atoms with Gasteiger partial charge < -0.3 is 4.74 Å². The first-order valence-corrected chi connectivity index (χ1v) is 5.79. The van der Waals surface area contributed by atoms with Crippen LogP contribution in [0.5, 0.6) is 0 Å². The summed E-state index contributed by atoms with van der Waals surface area (Å²) in [7, 11) is 0. The molecule has 1 aliphatic heterocycles. The van der Waals surface area contributed by atoms with E-state index in [0.29, 0.717) is 11.3 Å². The van der Waals surface area contributed by atoms with E-state index in [2.05, 4.69) is 19.9 Å². The summed E-state index contributed by atoms with van der Waals surface area (Å²) in [5.74, 6) is 1.43. The van der Waals surface area contributed by atoms with Crippen molar-refractivity contribution in [2.75, 3.05) is 12.5 Å². The molecule has 1 aliphatic carbocycles. The van der Waals surface area contributed by atoms with Crippen LogP contribution in [-0.2, 0) is 4.74 Å². The Hall–Kier alpha value is -0.430. The fourth-order valence-corrected chi connectivity index (χ4v) is 2.54. The molecule has 0 bridgehead atoms. The van der Waals surface area contributed by atoms with Crippen LogP contribution < -0.4 is 0 Å². The molecule has 0 aromatic carbocycles. The minimum Gasteiger partial charge on any atom is -0.492 e. The van der Waals surface area contributed by atoms with Crippen molar-refractivity contribution in [1.82, 2.24) is 0 Å². The maximum absolute atomic E-state index is 5.77. The van der Waals surface area contributed by atoms with Gasteiger partial charge in [-0.15, -0.1) is 11.6 Å². The molecule has 78 valence electrons. The Labute approximate surface area is 90.8 Å². The van der Waals surface area contributed by atoms with E-state index in [1.165, 1.54) is 30.4 Å². The first-order chi connectivity index (χ1) is 6.63. The van der Waals surface area contributed by atoms with Gasteiger partial charge in [-0.2, -0.15) is 0 Å². The molecule has 0 saturated carbocycles. The van der Waals surface area contributed by atoms with Crippen molar-refractivity contribution < 1.29 is 4.74 Å². The Morgan fingerprint density at radius 3 is 3.00 bits per heavy atom. The fourth-order valence-electron chi connectivity index (χ4n) is 2.38. The summed E-state index contributed by atoms with van der Waals surface area (Å²) in [6, 6.07) is 0. The molecule has 0 aromatic heterocycles. The lowest BCUT2D eigenvalue weighted by molar-refractivity contribution is 0.199. The molecule has 0 spiro atoms. The van der Waals surface area contributed by atoms with Gasteiger partial charge in [-0.3, -0.25) is 0 Å². The maximum atomic E-state index is 5.77. The highest BCUT2D eigenvalue weighted by molar-refractivity contribution is 6.19. The number of rotatable bonds is 1. The van der Waals surface area contributed by atoms with E-state index in [4.69, 9.17) is 16.3 Å². The maximum Gasteiger partial charge on any atom is 0.111 e. The lowest BCUT2D eigenvalue weighted by Crippen LogP contribution is -2.26. The molecule has 0 aromatic rings. The number of ether oxygens (including phenoxy) is 1. The number of allylic oxidation sites excluding steroid dienone is 3. The van der Waals surface area contributed by atoms with E-state index >= 15 is 0 Å². The summed E-state index contributed by atoms with van der Waals surface area (Å²) in [4.78, 5) is 0. The second-order valence-corrected chi connectivity index (χ2v) is 5.04. The van der Waals surface area contributed by atoms with Gasteiger partial charge in [0.2, 0.25) is 0 Å². The molecule has 0 unspecified atom stereocenters. The zero-order valence-corrected chi connectivity index (χ0v) is 9.66. The summed E-state index contributed by atoms with van der Waals surface area (Å²) >= 11 is 5.77. The van der Waals surface area contributed by atoms with Crippen molar-refractivity contribution in [2.45, 2.75) is 33.1 Å². The zero-order valence-electron chi connectivity index (χ0n) is 8.90. The van der Waals surface area contributed by atoms with Gasteiger partial charge in [-0.1, -0.05) is 13.8 Å². The molecule has 0 radical (unpaired) electrons. The Kier molecular flexibility index (Phi) is 2.61. The van der Waals surface area contributed by atoms with E-state index in [1.54, 1.807) is 0 Å². The number of hydrogen-bond donors (Lipinski definition) is 0. The largest absolute Gasteiger partial charge is 0.492 e. The van der Waals surface area contributed by atoms with Gasteiger partial charge in [0.1, 0.15) is 12.4 Å². The molecule has 1 nitrogen and oxygen atoms in total. The van der Waals surface area contributed by atoms with Crippen LogP contribution in [0.2, 0.25) is 0 Å². The molecule has 0 N–H and O–H groups in total. The normalized spacial score (nSPS) is 25.2. The van der Waals surface area contributed by atoms with Crippen molar-refractivity contribution in [3.63, 3.8) is 0 Å². The molecular formula is C12H17ClO. The minimum absolute atomic E-state index is 0.321. The summed E-state index contributed by atoms with van der Waals surface area (Å²) < 4.78 is 5.60.